The maximum Gasteiger partial charge on any atom is 0.119 e. The Morgan fingerprint density at radius 3 is 2.74 bits per heavy atom. The fraction of sp³-hybridized carbons (Fsp3) is 0.400. The zero-order valence-electron chi connectivity index (χ0n) is 11.4. The molecule has 2 aromatic rings. The van der Waals surface area contributed by atoms with E-state index in [1.807, 2.05) is 30.6 Å². The van der Waals surface area contributed by atoms with E-state index in [4.69, 9.17) is 4.74 Å². The van der Waals surface area contributed by atoms with Crippen molar-refractivity contribution in [1.29, 1.82) is 0 Å². The van der Waals surface area contributed by atoms with Crippen LogP contribution >= 0.6 is 11.3 Å². The van der Waals surface area contributed by atoms with E-state index in [2.05, 4.69) is 29.4 Å². The molecule has 1 N–H and O–H groups in total. The Hall–Kier alpha value is -1.39. The minimum absolute atomic E-state index is 0.461. The lowest BCUT2D eigenvalue weighted by Crippen LogP contribution is -2.19. The standard InChI is InChI=1S/C15H20N2OS/c1-3-18-14-6-4-13(5-7-14)11-16-10-12(2)15-17-8-9-19-15/h4-9,12,16H,3,10-11H2,1-2H3. The van der Waals surface area contributed by atoms with E-state index in [1.54, 1.807) is 11.3 Å². The van der Waals surface area contributed by atoms with E-state index in [0.717, 1.165) is 18.8 Å². The summed E-state index contributed by atoms with van der Waals surface area (Å²) in [6.07, 6.45) is 1.86. The van der Waals surface area contributed by atoms with Gasteiger partial charge in [-0.15, -0.1) is 11.3 Å². The Morgan fingerprint density at radius 1 is 1.32 bits per heavy atom. The number of hydrogen-bond donors (Lipinski definition) is 1. The van der Waals surface area contributed by atoms with Gasteiger partial charge in [0.25, 0.3) is 0 Å². The van der Waals surface area contributed by atoms with Gasteiger partial charge in [-0.2, -0.15) is 0 Å². The first kappa shape index (κ1) is 14.0. The summed E-state index contributed by atoms with van der Waals surface area (Å²) in [6.45, 7) is 6.73. The predicted octanol–water partition coefficient (Wildman–Crippen LogP) is 3.44. The molecule has 0 saturated carbocycles. The van der Waals surface area contributed by atoms with Crippen LogP contribution in [0.2, 0.25) is 0 Å². The third-order valence-electron chi connectivity index (χ3n) is 2.89. The summed E-state index contributed by atoms with van der Waals surface area (Å²) in [6, 6.07) is 8.24. The van der Waals surface area contributed by atoms with E-state index < -0.39 is 0 Å². The molecule has 1 atom stereocenters. The highest BCUT2D eigenvalue weighted by Crippen LogP contribution is 2.17. The fourth-order valence-electron chi connectivity index (χ4n) is 1.87. The quantitative estimate of drug-likeness (QED) is 0.841. The lowest BCUT2D eigenvalue weighted by molar-refractivity contribution is 0.340. The molecule has 3 nitrogen and oxygen atoms in total. The van der Waals surface area contributed by atoms with Gasteiger partial charge in [-0.1, -0.05) is 19.1 Å². The van der Waals surface area contributed by atoms with Crippen LogP contribution in [0.25, 0.3) is 0 Å². The second kappa shape index (κ2) is 7.26. The van der Waals surface area contributed by atoms with Gasteiger partial charge >= 0.3 is 0 Å². The summed E-state index contributed by atoms with van der Waals surface area (Å²) in [4.78, 5) is 4.34. The molecule has 0 aliphatic heterocycles. The maximum absolute atomic E-state index is 5.43. The van der Waals surface area contributed by atoms with Crippen LogP contribution in [-0.2, 0) is 6.54 Å². The van der Waals surface area contributed by atoms with Gasteiger partial charge in [0.1, 0.15) is 5.75 Å². The smallest absolute Gasteiger partial charge is 0.119 e. The fourth-order valence-corrected chi connectivity index (χ4v) is 2.57. The van der Waals surface area contributed by atoms with Crippen LogP contribution in [0.5, 0.6) is 5.75 Å². The van der Waals surface area contributed by atoms with Gasteiger partial charge < -0.3 is 10.1 Å². The molecule has 0 bridgehead atoms. The number of hydrogen-bond acceptors (Lipinski definition) is 4. The Morgan fingerprint density at radius 2 is 2.11 bits per heavy atom. The number of aromatic nitrogens is 1. The molecule has 0 aliphatic carbocycles. The zero-order valence-corrected chi connectivity index (χ0v) is 12.2. The molecule has 4 heteroatoms. The second-order valence-corrected chi connectivity index (χ2v) is 5.41. The van der Waals surface area contributed by atoms with Gasteiger partial charge in [-0.05, 0) is 24.6 Å². The molecule has 0 amide bonds. The predicted molar refractivity (Wildman–Crippen MR) is 79.8 cm³/mol. The molecule has 0 fully saturated rings. The zero-order chi connectivity index (χ0) is 13.5. The highest BCUT2D eigenvalue weighted by atomic mass is 32.1. The van der Waals surface area contributed by atoms with Crippen LogP contribution in [0.3, 0.4) is 0 Å². The molecule has 0 saturated heterocycles. The van der Waals surface area contributed by atoms with Crippen LogP contribution in [0.4, 0.5) is 0 Å². The van der Waals surface area contributed by atoms with Gasteiger partial charge in [0, 0.05) is 30.6 Å². The SMILES string of the molecule is CCOc1ccc(CNCC(C)c2nccs2)cc1. The second-order valence-electron chi connectivity index (χ2n) is 4.48. The molecule has 1 aromatic heterocycles. The van der Waals surface area contributed by atoms with Crippen molar-refractivity contribution in [3.8, 4) is 5.75 Å². The number of nitrogens with zero attached hydrogens (tertiary/aromatic N) is 1. The monoisotopic (exact) mass is 276 g/mol. The number of thiazole rings is 1. The van der Waals surface area contributed by atoms with E-state index >= 15 is 0 Å². The van der Waals surface area contributed by atoms with Crippen molar-refractivity contribution in [3.63, 3.8) is 0 Å². The number of nitrogens with one attached hydrogen (secondary N) is 1. The van der Waals surface area contributed by atoms with Gasteiger partial charge in [0.2, 0.25) is 0 Å². The van der Waals surface area contributed by atoms with Crippen LogP contribution in [0, 0.1) is 0 Å². The number of ether oxygens (including phenoxy) is 1. The minimum atomic E-state index is 0.461. The Balaban J connectivity index is 1.76. The average Bonchev–Trinajstić information content (AvgIpc) is 2.95. The van der Waals surface area contributed by atoms with Crippen LogP contribution in [-0.4, -0.2) is 18.1 Å². The average molecular weight is 276 g/mol. The van der Waals surface area contributed by atoms with Crippen molar-refractivity contribution in [2.24, 2.45) is 0 Å². The van der Waals surface area contributed by atoms with Crippen molar-refractivity contribution in [3.05, 3.63) is 46.4 Å². The molecule has 1 heterocycles. The molecule has 19 heavy (non-hydrogen) atoms. The van der Waals surface area contributed by atoms with Gasteiger partial charge in [0.15, 0.2) is 0 Å². The Labute approximate surface area is 118 Å². The molecule has 0 spiro atoms. The highest BCUT2D eigenvalue weighted by molar-refractivity contribution is 7.09. The summed E-state index contributed by atoms with van der Waals surface area (Å²) in [5.74, 6) is 1.39. The van der Waals surface area contributed by atoms with Crippen LogP contribution in [0.15, 0.2) is 35.8 Å². The first-order valence-electron chi connectivity index (χ1n) is 6.61. The van der Waals surface area contributed by atoms with Crippen molar-refractivity contribution < 1.29 is 4.74 Å². The van der Waals surface area contributed by atoms with Crippen LogP contribution in [0.1, 0.15) is 30.3 Å². The summed E-state index contributed by atoms with van der Waals surface area (Å²) in [7, 11) is 0. The lowest BCUT2D eigenvalue weighted by atomic mass is 10.1. The number of rotatable bonds is 7. The molecule has 1 unspecified atom stereocenters. The van der Waals surface area contributed by atoms with Crippen LogP contribution < -0.4 is 10.1 Å². The normalized spacial score (nSPS) is 12.3. The molecular weight excluding hydrogens is 256 g/mol. The first-order valence-corrected chi connectivity index (χ1v) is 7.49. The minimum Gasteiger partial charge on any atom is -0.494 e. The van der Waals surface area contributed by atoms with Crippen molar-refractivity contribution in [1.82, 2.24) is 10.3 Å². The molecule has 0 aliphatic rings. The van der Waals surface area contributed by atoms with Crippen molar-refractivity contribution >= 4 is 11.3 Å². The Bertz CT molecular complexity index is 467. The van der Waals surface area contributed by atoms with Crippen molar-refractivity contribution in [2.75, 3.05) is 13.2 Å². The van der Waals surface area contributed by atoms with E-state index in [1.165, 1.54) is 10.6 Å². The summed E-state index contributed by atoms with van der Waals surface area (Å²) in [5, 5.41) is 6.69. The first-order chi connectivity index (χ1) is 9.29. The van der Waals surface area contributed by atoms with E-state index in [9.17, 15) is 0 Å². The van der Waals surface area contributed by atoms with Crippen molar-refractivity contribution in [2.45, 2.75) is 26.3 Å². The lowest BCUT2D eigenvalue weighted by Gasteiger charge is -2.10. The highest BCUT2D eigenvalue weighted by Gasteiger charge is 2.07. The Kier molecular flexibility index (Phi) is 5.36. The van der Waals surface area contributed by atoms with E-state index in [0.29, 0.717) is 12.5 Å². The molecule has 2 rings (SSSR count). The largest absolute Gasteiger partial charge is 0.494 e. The third-order valence-corrected chi connectivity index (χ3v) is 3.89. The summed E-state index contributed by atoms with van der Waals surface area (Å²) in [5.41, 5.74) is 1.27. The topological polar surface area (TPSA) is 34.1 Å². The summed E-state index contributed by atoms with van der Waals surface area (Å²) >= 11 is 1.72. The van der Waals surface area contributed by atoms with E-state index in [-0.39, 0.29) is 0 Å². The number of benzene rings is 1. The molecular formula is C15H20N2OS. The van der Waals surface area contributed by atoms with Gasteiger partial charge in [-0.3, -0.25) is 0 Å². The van der Waals surface area contributed by atoms with Gasteiger partial charge in [0.05, 0.1) is 11.6 Å². The molecule has 0 radical (unpaired) electrons. The summed E-state index contributed by atoms with van der Waals surface area (Å²) < 4.78 is 5.43. The maximum atomic E-state index is 5.43. The third kappa shape index (κ3) is 4.33. The molecule has 1 aromatic carbocycles. The van der Waals surface area contributed by atoms with Gasteiger partial charge in [-0.25, -0.2) is 4.98 Å². The molecule has 102 valence electrons.